The Morgan fingerprint density at radius 1 is 1.29 bits per heavy atom. The molecule has 24 heavy (non-hydrogen) atoms. The standard InChI is InChI=1S/C18H28N4O2/c1-14-2-5-17(20-12-14)22-9-6-16(7-10-22)21-18(23)19-8-11-24-13-15-3-4-15/h2,5,12,15-16H,3-4,6-11,13H2,1H3,(H2,19,21,23). The fraction of sp³-hybridized carbons (Fsp3) is 0.667. The van der Waals surface area contributed by atoms with Crippen LogP contribution < -0.4 is 15.5 Å². The summed E-state index contributed by atoms with van der Waals surface area (Å²) in [4.78, 5) is 18.7. The van der Waals surface area contributed by atoms with Crippen LogP contribution in [0.2, 0.25) is 0 Å². The van der Waals surface area contributed by atoms with Crippen molar-refractivity contribution in [3.8, 4) is 0 Å². The van der Waals surface area contributed by atoms with Gasteiger partial charge < -0.3 is 20.3 Å². The van der Waals surface area contributed by atoms with E-state index in [2.05, 4.69) is 32.7 Å². The second-order valence-electron chi connectivity index (χ2n) is 6.87. The van der Waals surface area contributed by atoms with Gasteiger partial charge in [0, 0.05) is 38.5 Å². The minimum Gasteiger partial charge on any atom is -0.379 e. The van der Waals surface area contributed by atoms with Gasteiger partial charge >= 0.3 is 6.03 Å². The lowest BCUT2D eigenvalue weighted by molar-refractivity contribution is 0.126. The molecule has 1 saturated heterocycles. The summed E-state index contributed by atoms with van der Waals surface area (Å²) in [6, 6.07) is 4.30. The van der Waals surface area contributed by atoms with E-state index in [1.54, 1.807) is 0 Å². The third kappa shape index (κ3) is 5.37. The fourth-order valence-corrected chi connectivity index (χ4v) is 2.91. The maximum atomic E-state index is 11.9. The maximum absolute atomic E-state index is 11.9. The number of urea groups is 1. The summed E-state index contributed by atoms with van der Waals surface area (Å²) in [6.45, 7) is 5.90. The third-order valence-corrected chi connectivity index (χ3v) is 4.63. The number of aryl methyl sites for hydroxylation is 1. The van der Waals surface area contributed by atoms with Crippen LogP contribution in [0.3, 0.4) is 0 Å². The molecular weight excluding hydrogens is 304 g/mol. The SMILES string of the molecule is Cc1ccc(N2CCC(NC(=O)NCCOCC3CC3)CC2)nc1. The molecule has 1 aliphatic heterocycles. The van der Waals surface area contributed by atoms with E-state index >= 15 is 0 Å². The van der Waals surface area contributed by atoms with Gasteiger partial charge in [-0.15, -0.1) is 0 Å². The predicted molar refractivity (Wildman–Crippen MR) is 94.3 cm³/mol. The number of nitrogens with one attached hydrogen (secondary N) is 2. The molecule has 2 amide bonds. The molecule has 2 heterocycles. The molecule has 0 unspecified atom stereocenters. The van der Waals surface area contributed by atoms with Crippen LogP contribution in [0.25, 0.3) is 0 Å². The van der Waals surface area contributed by atoms with Gasteiger partial charge in [0.25, 0.3) is 0 Å². The molecule has 1 aliphatic carbocycles. The number of carbonyl (C=O) groups excluding carboxylic acids is 1. The predicted octanol–water partition coefficient (Wildman–Crippen LogP) is 2.08. The van der Waals surface area contributed by atoms with Crippen LogP contribution in [0, 0.1) is 12.8 Å². The number of aromatic nitrogens is 1. The summed E-state index contributed by atoms with van der Waals surface area (Å²) in [5.74, 6) is 1.79. The van der Waals surface area contributed by atoms with E-state index in [-0.39, 0.29) is 12.1 Å². The second kappa shape index (κ2) is 8.33. The summed E-state index contributed by atoms with van der Waals surface area (Å²) in [5, 5.41) is 5.93. The van der Waals surface area contributed by atoms with Gasteiger partial charge in [0.15, 0.2) is 0 Å². The molecular formula is C18H28N4O2. The molecule has 6 nitrogen and oxygen atoms in total. The molecule has 0 atom stereocenters. The fourth-order valence-electron chi connectivity index (χ4n) is 2.91. The quantitative estimate of drug-likeness (QED) is 0.750. The van der Waals surface area contributed by atoms with Gasteiger partial charge in [0.2, 0.25) is 0 Å². The molecule has 1 aromatic heterocycles. The first-order valence-corrected chi connectivity index (χ1v) is 9.00. The van der Waals surface area contributed by atoms with Gasteiger partial charge in [0.1, 0.15) is 5.82 Å². The van der Waals surface area contributed by atoms with E-state index in [1.807, 2.05) is 13.1 Å². The number of rotatable bonds is 7. The van der Waals surface area contributed by atoms with E-state index in [0.717, 1.165) is 44.3 Å². The summed E-state index contributed by atoms with van der Waals surface area (Å²) < 4.78 is 5.51. The Balaban J connectivity index is 1.29. The zero-order valence-electron chi connectivity index (χ0n) is 14.5. The summed E-state index contributed by atoms with van der Waals surface area (Å²) >= 11 is 0. The number of nitrogens with zero attached hydrogens (tertiary/aromatic N) is 2. The van der Waals surface area contributed by atoms with Crippen molar-refractivity contribution in [2.24, 2.45) is 5.92 Å². The van der Waals surface area contributed by atoms with Crippen LogP contribution in [-0.4, -0.2) is 49.9 Å². The van der Waals surface area contributed by atoms with Gasteiger partial charge in [-0.1, -0.05) is 6.07 Å². The molecule has 1 saturated carbocycles. The number of pyridine rings is 1. The molecule has 0 radical (unpaired) electrons. The lowest BCUT2D eigenvalue weighted by atomic mass is 10.1. The highest BCUT2D eigenvalue weighted by Crippen LogP contribution is 2.28. The molecule has 1 aromatic rings. The summed E-state index contributed by atoms with van der Waals surface area (Å²) in [6.07, 6.45) is 6.39. The molecule has 0 bridgehead atoms. The summed E-state index contributed by atoms with van der Waals surface area (Å²) in [7, 11) is 0. The molecule has 0 aromatic carbocycles. The van der Waals surface area contributed by atoms with Crippen molar-refractivity contribution in [3.05, 3.63) is 23.9 Å². The van der Waals surface area contributed by atoms with Crippen molar-refractivity contribution < 1.29 is 9.53 Å². The van der Waals surface area contributed by atoms with Crippen LogP contribution in [0.4, 0.5) is 10.6 Å². The van der Waals surface area contributed by atoms with Gasteiger partial charge in [-0.2, -0.15) is 0 Å². The number of hydrogen-bond donors (Lipinski definition) is 2. The van der Waals surface area contributed by atoms with E-state index < -0.39 is 0 Å². The van der Waals surface area contributed by atoms with Gasteiger partial charge in [-0.05, 0) is 50.2 Å². The Labute approximate surface area is 144 Å². The van der Waals surface area contributed by atoms with Crippen LogP contribution in [0.5, 0.6) is 0 Å². The lowest BCUT2D eigenvalue weighted by Crippen LogP contribution is -2.48. The monoisotopic (exact) mass is 332 g/mol. The van der Waals surface area contributed by atoms with Gasteiger partial charge in [0.05, 0.1) is 6.61 Å². The average Bonchev–Trinajstić information content (AvgIpc) is 3.40. The Kier molecular flexibility index (Phi) is 5.91. The Morgan fingerprint density at radius 3 is 2.75 bits per heavy atom. The molecule has 2 N–H and O–H groups in total. The number of amides is 2. The number of ether oxygens (including phenoxy) is 1. The zero-order valence-corrected chi connectivity index (χ0v) is 14.5. The Hall–Kier alpha value is -1.82. The van der Waals surface area contributed by atoms with E-state index in [4.69, 9.17) is 4.74 Å². The van der Waals surface area contributed by atoms with Crippen LogP contribution in [0.1, 0.15) is 31.2 Å². The molecule has 0 spiro atoms. The van der Waals surface area contributed by atoms with E-state index in [9.17, 15) is 4.79 Å². The van der Waals surface area contributed by atoms with Crippen molar-refractivity contribution in [2.75, 3.05) is 37.7 Å². The molecule has 6 heteroatoms. The zero-order chi connectivity index (χ0) is 16.8. The first-order valence-electron chi connectivity index (χ1n) is 9.00. The van der Waals surface area contributed by atoms with Gasteiger partial charge in [-0.25, -0.2) is 9.78 Å². The molecule has 2 aliphatic rings. The summed E-state index contributed by atoms with van der Waals surface area (Å²) in [5.41, 5.74) is 1.17. The molecule has 132 valence electrons. The largest absolute Gasteiger partial charge is 0.379 e. The first kappa shape index (κ1) is 17.0. The molecule has 3 rings (SSSR count). The minimum atomic E-state index is -0.0862. The number of hydrogen-bond acceptors (Lipinski definition) is 4. The average molecular weight is 332 g/mol. The highest BCUT2D eigenvalue weighted by molar-refractivity contribution is 5.74. The normalized spacial score (nSPS) is 18.5. The number of piperidine rings is 1. The second-order valence-corrected chi connectivity index (χ2v) is 6.87. The van der Waals surface area contributed by atoms with Crippen molar-refractivity contribution in [2.45, 2.75) is 38.6 Å². The Morgan fingerprint density at radius 2 is 2.08 bits per heavy atom. The number of anilines is 1. The maximum Gasteiger partial charge on any atom is 0.315 e. The smallest absolute Gasteiger partial charge is 0.315 e. The minimum absolute atomic E-state index is 0.0862. The van der Waals surface area contributed by atoms with Gasteiger partial charge in [-0.3, -0.25) is 0 Å². The van der Waals surface area contributed by atoms with E-state index in [0.29, 0.717) is 13.2 Å². The van der Waals surface area contributed by atoms with Crippen molar-refractivity contribution in [1.82, 2.24) is 15.6 Å². The van der Waals surface area contributed by atoms with Crippen molar-refractivity contribution >= 4 is 11.8 Å². The van der Waals surface area contributed by atoms with E-state index in [1.165, 1.54) is 18.4 Å². The molecule has 2 fully saturated rings. The third-order valence-electron chi connectivity index (χ3n) is 4.63. The Bertz CT molecular complexity index is 522. The van der Waals surface area contributed by atoms with Crippen molar-refractivity contribution in [1.29, 1.82) is 0 Å². The number of carbonyl (C=O) groups is 1. The highest BCUT2D eigenvalue weighted by Gasteiger charge is 2.22. The topological polar surface area (TPSA) is 66.5 Å². The lowest BCUT2D eigenvalue weighted by Gasteiger charge is -2.33. The van der Waals surface area contributed by atoms with Crippen LogP contribution in [0.15, 0.2) is 18.3 Å². The highest BCUT2D eigenvalue weighted by atomic mass is 16.5. The van der Waals surface area contributed by atoms with Crippen molar-refractivity contribution in [3.63, 3.8) is 0 Å². The first-order chi connectivity index (χ1) is 11.7. The van der Waals surface area contributed by atoms with Crippen LogP contribution in [-0.2, 0) is 4.74 Å². The van der Waals surface area contributed by atoms with Crippen LogP contribution >= 0.6 is 0 Å².